The van der Waals surface area contributed by atoms with Gasteiger partial charge in [-0.05, 0) is 37.0 Å². The van der Waals surface area contributed by atoms with Crippen LogP contribution in [0.25, 0.3) is 0 Å². The molecule has 0 amide bonds. The number of rotatable bonds is 10. The molecular weight excluding hydrogens is 332 g/mol. The standard InChI is InChI=1S/C17H26O8/c1-9-3-2-4-10(11(16(22)23)5-7-13(18)19)15(9)12(17(24)25)6-8-14(20)21/h9-12,15H,2-8H2,1H3,(H,18,19)(H,20,21)(H,22,23)(H,24,25). The fourth-order valence-electron chi connectivity index (χ4n) is 4.21. The Kier molecular flexibility index (Phi) is 7.86. The van der Waals surface area contributed by atoms with Crippen LogP contribution in [-0.4, -0.2) is 44.3 Å². The van der Waals surface area contributed by atoms with Crippen LogP contribution >= 0.6 is 0 Å². The molecule has 1 fully saturated rings. The first-order chi connectivity index (χ1) is 11.6. The predicted octanol–water partition coefficient (Wildman–Crippen LogP) is 2.17. The Morgan fingerprint density at radius 1 is 0.840 bits per heavy atom. The zero-order valence-corrected chi connectivity index (χ0v) is 14.3. The van der Waals surface area contributed by atoms with Crippen molar-refractivity contribution in [2.75, 3.05) is 0 Å². The smallest absolute Gasteiger partial charge is 0.306 e. The number of aliphatic carboxylic acids is 4. The summed E-state index contributed by atoms with van der Waals surface area (Å²) in [6, 6.07) is 0. The van der Waals surface area contributed by atoms with Gasteiger partial charge in [0.2, 0.25) is 0 Å². The van der Waals surface area contributed by atoms with Gasteiger partial charge in [0.25, 0.3) is 0 Å². The summed E-state index contributed by atoms with van der Waals surface area (Å²) in [6.07, 6.45) is 1.34. The molecule has 1 aliphatic carbocycles. The lowest BCUT2D eigenvalue weighted by Gasteiger charge is -2.42. The van der Waals surface area contributed by atoms with Crippen molar-refractivity contribution in [1.82, 2.24) is 0 Å². The van der Waals surface area contributed by atoms with E-state index in [-0.39, 0.29) is 31.6 Å². The molecule has 0 spiro atoms. The summed E-state index contributed by atoms with van der Waals surface area (Å²) >= 11 is 0. The SMILES string of the molecule is CC1CCCC(C(CCC(=O)O)C(=O)O)C1C(CCC(=O)O)C(=O)O. The Hall–Kier alpha value is -2.12. The van der Waals surface area contributed by atoms with Gasteiger partial charge in [-0.1, -0.05) is 19.8 Å². The average Bonchev–Trinajstić information content (AvgIpc) is 2.48. The van der Waals surface area contributed by atoms with Gasteiger partial charge < -0.3 is 20.4 Å². The fraction of sp³-hybridized carbons (Fsp3) is 0.765. The van der Waals surface area contributed by atoms with E-state index in [1.165, 1.54) is 0 Å². The van der Waals surface area contributed by atoms with Crippen molar-refractivity contribution >= 4 is 23.9 Å². The van der Waals surface area contributed by atoms with E-state index in [2.05, 4.69) is 0 Å². The minimum absolute atomic E-state index is 0.0518. The predicted molar refractivity (Wildman–Crippen MR) is 86.0 cm³/mol. The second kappa shape index (κ2) is 9.39. The van der Waals surface area contributed by atoms with Gasteiger partial charge >= 0.3 is 23.9 Å². The highest BCUT2D eigenvalue weighted by atomic mass is 16.4. The fourth-order valence-corrected chi connectivity index (χ4v) is 4.21. The molecule has 8 nitrogen and oxygen atoms in total. The first-order valence-corrected chi connectivity index (χ1v) is 8.54. The van der Waals surface area contributed by atoms with Crippen molar-refractivity contribution in [3.05, 3.63) is 0 Å². The molecule has 8 heteroatoms. The highest BCUT2D eigenvalue weighted by Crippen LogP contribution is 2.45. The third-order valence-electron chi connectivity index (χ3n) is 5.30. The normalized spacial score (nSPS) is 25.7. The number of carboxylic acids is 4. The van der Waals surface area contributed by atoms with E-state index in [1.807, 2.05) is 6.92 Å². The molecule has 1 saturated carbocycles. The number of hydrogen-bond donors (Lipinski definition) is 4. The van der Waals surface area contributed by atoms with Crippen LogP contribution in [-0.2, 0) is 19.2 Å². The van der Waals surface area contributed by atoms with Crippen LogP contribution in [0.2, 0.25) is 0 Å². The van der Waals surface area contributed by atoms with Gasteiger partial charge in [0.15, 0.2) is 0 Å². The van der Waals surface area contributed by atoms with E-state index in [1.54, 1.807) is 0 Å². The zero-order valence-electron chi connectivity index (χ0n) is 14.3. The lowest BCUT2D eigenvalue weighted by atomic mass is 9.61. The molecule has 0 heterocycles. The third kappa shape index (κ3) is 6.03. The van der Waals surface area contributed by atoms with Crippen LogP contribution in [0.3, 0.4) is 0 Å². The summed E-state index contributed by atoms with van der Waals surface area (Å²) in [7, 11) is 0. The van der Waals surface area contributed by atoms with Crippen LogP contribution in [0.5, 0.6) is 0 Å². The maximum atomic E-state index is 11.7. The first-order valence-electron chi connectivity index (χ1n) is 8.54. The molecule has 0 bridgehead atoms. The minimum Gasteiger partial charge on any atom is -0.481 e. The molecule has 25 heavy (non-hydrogen) atoms. The van der Waals surface area contributed by atoms with E-state index < -0.39 is 47.5 Å². The second-order valence-electron chi connectivity index (χ2n) is 6.90. The van der Waals surface area contributed by atoms with Crippen molar-refractivity contribution in [3.8, 4) is 0 Å². The molecule has 1 aliphatic rings. The summed E-state index contributed by atoms with van der Waals surface area (Å²) in [4.78, 5) is 45.1. The van der Waals surface area contributed by atoms with Crippen molar-refractivity contribution in [2.45, 2.75) is 51.9 Å². The molecule has 4 N–H and O–H groups in total. The van der Waals surface area contributed by atoms with Crippen molar-refractivity contribution < 1.29 is 39.6 Å². The molecule has 5 unspecified atom stereocenters. The van der Waals surface area contributed by atoms with Gasteiger partial charge in [-0.15, -0.1) is 0 Å². The minimum atomic E-state index is -1.12. The first kappa shape index (κ1) is 20.9. The Bertz CT molecular complexity index is 515. The van der Waals surface area contributed by atoms with E-state index in [4.69, 9.17) is 10.2 Å². The maximum absolute atomic E-state index is 11.7. The van der Waals surface area contributed by atoms with Crippen molar-refractivity contribution in [3.63, 3.8) is 0 Å². The summed E-state index contributed by atoms with van der Waals surface area (Å²) in [5.41, 5.74) is 0. The summed E-state index contributed by atoms with van der Waals surface area (Å²) < 4.78 is 0. The van der Waals surface area contributed by atoms with Crippen molar-refractivity contribution in [2.24, 2.45) is 29.6 Å². The largest absolute Gasteiger partial charge is 0.481 e. The maximum Gasteiger partial charge on any atom is 0.306 e. The summed E-state index contributed by atoms with van der Waals surface area (Å²) in [5, 5.41) is 36.8. The molecule has 142 valence electrons. The Morgan fingerprint density at radius 3 is 1.76 bits per heavy atom. The highest BCUT2D eigenvalue weighted by molar-refractivity contribution is 5.74. The van der Waals surface area contributed by atoms with Crippen LogP contribution in [0.4, 0.5) is 0 Å². The summed E-state index contributed by atoms with van der Waals surface area (Å²) in [6.45, 7) is 1.86. The van der Waals surface area contributed by atoms with Gasteiger partial charge in [-0.3, -0.25) is 19.2 Å². The second-order valence-corrected chi connectivity index (χ2v) is 6.90. The molecular formula is C17H26O8. The quantitative estimate of drug-likeness (QED) is 0.464. The molecule has 0 aromatic rings. The molecule has 5 atom stereocenters. The average molecular weight is 358 g/mol. The van der Waals surface area contributed by atoms with E-state index in [0.29, 0.717) is 6.42 Å². The topological polar surface area (TPSA) is 149 Å². The Morgan fingerprint density at radius 2 is 1.32 bits per heavy atom. The Balaban J connectivity index is 3.09. The lowest BCUT2D eigenvalue weighted by molar-refractivity contribution is -0.154. The third-order valence-corrected chi connectivity index (χ3v) is 5.30. The van der Waals surface area contributed by atoms with E-state index in [0.717, 1.165) is 12.8 Å². The van der Waals surface area contributed by atoms with Crippen LogP contribution in [0.15, 0.2) is 0 Å². The Labute approximate surface area is 145 Å². The van der Waals surface area contributed by atoms with Crippen LogP contribution in [0.1, 0.15) is 51.9 Å². The lowest BCUT2D eigenvalue weighted by Crippen LogP contribution is -2.42. The van der Waals surface area contributed by atoms with Crippen molar-refractivity contribution in [1.29, 1.82) is 0 Å². The van der Waals surface area contributed by atoms with Gasteiger partial charge in [-0.25, -0.2) is 0 Å². The summed E-state index contributed by atoms with van der Waals surface area (Å²) in [5.74, 6) is -7.28. The molecule has 0 aromatic heterocycles. The van der Waals surface area contributed by atoms with Gasteiger partial charge in [-0.2, -0.15) is 0 Å². The van der Waals surface area contributed by atoms with E-state index >= 15 is 0 Å². The number of carboxylic acid groups (broad SMARTS) is 4. The molecule has 0 radical (unpaired) electrons. The van der Waals surface area contributed by atoms with Gasteiger partial charge in [0.05, 0.1) is 11.8 Å². The number of hydrogen-bond acceptors (Lipinski definition) is 4. The molecule has 0 aliphatic heterocycles. The number of carbonyl (C=O) groups is 4. The zero-order chi connectivity index (χ0) is 19.1. The monoisotopic (exact) mass is 358 g/mol. The van der Waals surface area contributed by atoms with Gasteiger partial charge in [0.1, 0.15) is 0 Å². The van der Waals surface area contributed by atoms with Crippen LogP contribution in [0, 0.1) is 29.6 Å². The highest BCUT2D eigenvalue weighted by Gasteiger charge is 2.44. The van der Waals surface area contributed by atoms with Gasteiger partial charge in [0, 0.05) is 12.8 Å². The molecule has 0 saturated heterocycles. The molecule has 1 rings (SSSR count). The van der Waals surface area contributed by atoms with E-state index in [9.17, 15) is 29.4 Å². The molecule has 0 aromatic carbocycles. The van der Waals surface area contributed by atoms with Crippen LogP contribution < -0.4 is 0 Å².